The lowest BCUT2D eigenvalue weighted by molar-refractivity contribution is -0.137. The average molecular weight is 597 g/mol. The van der Waals surface area contributed by atoms with Gasteiger partial charge in [-0.25, -0.2) is 0 Å². The first kappa shape index (κ1) is 25.7. The molecule has 0 amide bonds. The second-order valence-corrected chi connectivity index (χ2v) is 12.4. The van der Waals surface area contributed by atoms with Gasteiger partial charge >= 0.3 is 6.18 Å². The monoisotopic (exact) mass is 597 g/mol. The number of nitrogens with zero attached hydrogens (tertiary/aromatic N) is 1. The summed E-state index contributed by atoms with van der Waals surface area (Å²) in [5.41, 5.74) is 8.65. The van der Waals surface area contributed by atoms with Crippen LogP contribution in [0, 0.1) is 0 Å². The van der Waals surface area contributed by atoms with E-state index in [9.17, 15) is 13.2 Å². The molecule has 0 spiro atoms. The second kappa shape index (κ2) is 9.01. The van der Waals surface area contributed by atoms with Crippen LogP contribution in [0.3, 0.4) is 0 Å². The van der Waals surface area contributed by atoms with Crippen molar-refractivity contribution in [3.63, 3.8) is 0 Å². The molecule has 2 aliphatic heterocycles. The molecule has 2 heterocycles. The third kappa shape index (κ3) is 3.37. The van der Waals surface area contributed by atoms with Crippen molar-refractivity contribution in [2.24, 2.45) is 0 Å². The molecule has 2 aliphatic rings. The van der Waals surface area contributed by atoms with Crippen LogP contribution in [0.1, 0.15) is 5.56 Å². The van der Waals surface area contributed by atoms with E-state index in [0.29, 0.717) is 5.56 Å². The second-order valence-electron chi connectivity index (χ2n) is 12.4. The van der Waals surface area contributed by atoms with E-state index in [1.54, 1.807) is 12.1 Å². The van der Waals surface area contributed by atoms with Gasteiger partial charge in [0.05, 0.1) is 11.3 Å². The first-order valence-corrected chi connectivity index (χ1v) is 15.5. The molecule has 8 aromatic rings. The third-order valence-electron chi connectivity index (χ3n) is 10.0. The highest BCUT2D eigenvalue weighted by molar-refractivity contribution is 7.01. The number of anilines is 3. The minimum Gasteiger partial charge on any atom is -0.311 e. The van der Waals surface area contributed by atoms with E-state index in [1.807, 2.05) is 18.2 Å². The predicted molar refractivity (Wildman–Crippen MR) is 185 cm³/mol. The van der Waals surface area contributed by atoms with E-state index in [-0.39, 0.29) is 12.3 Å². The minimum absolute atomic E-state index is 0.0136. The van der Waals surface area contributed by atoms with Gasteiger partial charge in [-0.05, 0) is 90.4 Å². The van der Waals surface area contributed by atoms with Crippen LogP contribution in [0.4, 0.5) is 30.2 Å². The Hall–Kier alpha value is -5.55. The predicted octanol–water partition coefficient (Wildman–Crippen LogP) is 9.55. The van der Waals surface area contributed by atoms with Crippen LogP contribution in [-0.2, 0) is 6.18 Å². The zero-order valence-corrected chi connectivity index (χ0v) is 24.4. The fourth-order valence-electron chi connectivity index (χ4n) is 8.20. The van der Waals surface area contributed by atoms with E-state index in [1.165, 1.54) is 44.6 Å². The van der Waals surface area contributed by atoms with Crippen LogP contribution in [-0.4, -0.2) is 6.71 Å². The summed E-state index contributed by atoms with van der Waals surface area (Å²) in [7, 11) is 0. The van der Waals surface area contributed by atoms with Gasteiger partial charge in [-0.1, -0.05) is 115 Å². The molecule has 5 heteroatoms. The Morgan fingerprint density at radius 3 is 1.93 bits per heavy atom. The fraction of sp³-hybridized carbons (Fsp3) is 0.0244. The van der Waals surface area contributed by atoms with E-state index >= 15 is 0 Å². The number of benzene rings is 8. The molecule has 0 N–H and O–H groups in total. The van der Waals surface area contributed by atoms with Crippen molar-refractivity contribution in [3.8, 4) is 22.3 Å². The van der Waals surface area contributed by atoms with Gasteiger partial charge in [-0.15, -0.1) is 0 Å². The molecular weight excluding hydrogens is 574 g/mol. The fourth-order valence-corrected chi connectivity index (χ4v) is 8.20. The van der Waals surface area contributed by atoms with Crippen molar-refractivity contribution in [1.29, 1.82) is 0 Å². The summed E-state index contributed by atoms with van der Waals surface area (Å²) in [5.74, 6) is 0. The Labute approximate surface area is 263 Å². The molecule has 0 bridgehead atoms. The molecule has 216 valence electrons. The lowest BCUT2D eigenvalue weighted by Gasteiger charge is -2.37. The van der Waals surface area contributed by atoms with E-state index in [2.05, 4.69) is 102 Å². The largest absolute Gasteiger partial charge is 0.417 e. The van der Waals surface area contributed by atoms with Crippen LogP contribution in [0.2, 0.25) is 0 Å². The average Bonchev–Trinajstić information content (AvgIpc) is 3.42. The van der Waals surface area contributed by atoms with Gasteiger partial charge in [0.25, 0.3) is 0 Å². The minimum atomic E-state index is -4.48. The quantitative estimate of drug-likeness (QED) is 0.142. The Kier molecular flexibility index (Phi) is 5.05. The van der Waals surface area contributed by atoms with E-state index < -0.39 is 11.7 Å². The van der Waals surface area contributed by atoms with Crippen LogP contribution >= 0.6 is 0 Å². The molecule has 0 saturated heterocycles. The van der Waals surface area contributed by atoms with Gasteiger partial charge in [0.15, 0.2) is 0 Å². The normalized spacial score (nSPS) is 13.5. The molecule has 0 saturated carbocycles. The summed E-state index contributed by atoms with van der Waals surface area (Å²) in [5, 5.41) is 7.08. The summed E-state index contributed by atoms with van der Waals surface area (Å²) < 4.78 is 43.2. The van der Waals surface area contributed by atoms with Crippen LogP contribution in [0.15, 0.2) is 140 Å². The number of hydrogen-bond donors (Lipinski definition) is 0. The highest BCUT2D eigenvalue weighted by Gasteiger charge is 2.43. The van der Waals surface area contributed by atoms with Crippen molar-refractivity contribution >= 4 is 72.5 Å². The number of alkyl halides is 3. The molecule has 0 fully saturated rings. The maximum absolute atomic E-state index is 14.4. The van der Waals surface area contributed by atoms with Gasteiger partial charge in [0.1, 0.15) is 0 Å². The van der Waals surface area contributed by atoms with Crippen molar-refractivity contribution in [3.05, 3.63) is 145 Å². The highest BCUT2D eigenvalue weighted by Crippen LogP contribution is 2.48. The molecule has 46 heavy (non-hydrogen) atoms. The molecular formula is C41H23BF3N. The molecule has 8 aromatic carbocycles. The molecule has 0 atom stereocenters. The van der Waals surface area contributed by atoms with Gasteiger partial charge in [-0.3, -0.25) is 0 Å². The summed E-state index contributed by atoms with van der Waals surface area (Å²) in [6.07, 6.45) is -4.48. The smallest absolute Gasteiger partial charge is 0.311 e. The maximum atomic E-state index is 14.4. The number of para-hydroxylation sites is 1. The standard InChI is InChI=1S/C41H23BF3N/c43-41(44,45)32-12-3-1-10-28(32)27-22-31-29-11-2-4-13-33(29)42-34-14-5-6-15-36(34)46(37(23-27)40(31)42)35-21-19-26-17-16-24-8-7-9-25-18-20-30(35)39(26)38(24)25/h1-23H. The highest BCUT2D eigenvalue weighted by atomic mass is 19.4. The van der Waals surface area contributed by atoms with Crippen molar-refractivity contribution in [2.45, 2.75) is 6.18 Å². The number of hydrogen-bond acceptors (Lipinski definition) is 1. The zero-order valence-electron chi connectivity index (χ0n) is 24.4. The number of halogens is 3. The zero-order chi connectivity index (χ0) is 30.7. The van der Waals surface area contributed by atoms with Crippen molar-refractivity contribution in [1.82, 2.24) is 0 Å². The van der Waals surface area contributed by atoms with Crippen LogP contribution < -0.4 is 21.3 Å². The Bertz CT molecular complexity index is 2530. The van der Waals surface area contributed by atoms with Gasteiger partial charge in [0.2, 0.25) is 6.71 Å². The Balaban J connectivity index is 1.34. The molecule has 10 rings (SSSR count). The summed E-state index contributed by atoms with van der Waals surface area (Å²) >= 11 is 0. The summed E-state index contributed by atoms with van der Waals surface area (Å²) in [6, 6.07) is 46.2. The number of fused-ring (bicyclic) bond motifs is 5. The first-order valence-electron chi connectivity index (χ1n) is 15.5. The molecule has 0 unspecified atom stereocenters. The van der Waals surface area contributed by atoms with E-state index in [4.69, 9.17) is 0 Å². The summed E-state index contributed by atoms with van der Waals surface area (Å²) in [4.78, 5) is 2.29. The summed E-state index contributed by atoms with van der Waals surface area (Å²) in [6.45, 7) is -0.0136. The lowest BCUT2D eigenvalue weighted by atomic mass is 9.37. The topological polar surface area (TPSA) is 3.24 Å². The van der Waals surface area contributed by atoms with Crippen LogP contribution in [0.5, 0.6) is 0 Å². The first-order chi connectivity index (χ1) is 22.5. The maximum Gasteiger partial charge on any atom is 0.417 e. The van der Waals surface area contributed by atoms with Gasteiger partial charge in [-0.2, -0.15) is 13.2 Å². The van der Waals surface area contributed by atoms with Crippen molar-refractivity contribution < 1.29 is 13.2 Å². The Morgan fingerprint density at radius 2 is 1.13 bits per heavy atom. The molecule has 1 nitrogen and oxygen atoms in total. The van der Waals surface area contributed by atoms with Gasteiger partial charge in [0, 0.05) is 16.8 Å². The van der Waals surface area contributed by atoms with Gasteiger partial charge < -0.3 is 4.90 Å². The number of rotatable bonds is 2. The van der Waals surface area contributed by atoms with Crippen LogP contribution in [0.25, 0.3) is 54.6 Å². The van der Waals surface area contributed by atoms with E-state index in [0.717, 1.165) is 44.4 Å². The Morgan fingerprint density at radius 1 is 0.478 bits per heavy atom. The molecule has 0 aromatic heterocycles. The third-order valence-corrected chi connectivity index (χ3v) is 10.0. The molecule has 0 aliphatic carbocycles. The SMILES string of the molecule is FC(F)(F)c1ccccc1-c1cc2c3c(c1)N(c1ccc4ccc5cccc6ccc1c4c56)c1ccccc1B3c1ccccc1-2. The molecule has 0 radical (unpaired) electrons. The van der Waals surface area contributed by atoms with Crippen molar-refractivity contribution in [2.75, 3.05) is 4.90 Å². The lowest BCUT2D eigenvalue weighted by Crippen LogP contribution is -2.54.